The predicted octanol–water partition coefficient (Wildman–Crippen LogP) is 2.15. The van der Waals surface area contributed by atoms with Crippen molar-refractivity contribution in [3.63, 3.8) is 0 Å². The molecule has 0 spiro atoms. The van der Waals surface area contributed by atoms with Gasteiger partial charge in [0.25, 0.3) is 0 Å². The lowest BCUT2D eigenvalue weighted by molar-refractivity contribution is -0.154. The van der Waals surface area contributed by atoms with E-state index >= 15 is 0 Å². The Kier molecular flexibility index (Phi) is 5.73. The maximum Gasteiger partial charge on any atom is 0.311 e. The van der Waals surface area contributed by atoms with Crippen LogP contribution < -0.4 is 9.62 Å². The fraction of sp³-hybridized carbons (Fsp3) is 0.588. The number of rotatable bonds is 5. The van der Waals surface area contributed by atoms with Gasteiger partial charge in [-0.2, -0.15) is 0 Å². The average Bonchev–Trinajstić information content (AvgIpc) is 2.60. The molecule has 1 aromatic rings. The summed E-state index contributed by atoms with van der Waals surface area (Å²) >= 11 is 0. The smallest absolute Gasteiger partial charge is 0.311 e. The first-order chi connectivity index (χ1) is 11.6. The van der Waals surface area contributed by atoms with Crippen LogP contribution in [-0.4, -0.2) is 41.6 Å². The summed E-state index contributed by atoms with van der Waals surface area (Å²) in [6, 6.07) is 3.89. The second kappa shape index (κ2) is 7.29. The van der Waals surface area contributed by atoms with Gasteiger partial charge in [-0.25, -0.2) is 17.5 Å². The highest BCUT2D eigenvalue weighted by atomic mass is 32.2. The third kappa shape index (κ3) is 3.95. The maximum absolute atomic E-state index is 14.5. The molecule has 25 heavy (non-hydrogen) atoms. The van der Waals surface area contributed by atoms with Gasteiger partial charge in [-0.15, -0.1) is 0 Å². The molecule has 140 valence electrons. The van der Waals surface area contributed by atoms with E-state index in [1.165, 1.54) is 26.3 Å². The summed E-state index contributed by atoms with van der Waals surface area (Å²) in [7, 11) is -1.04. The molecule has 1 atom stereocenters. The molecule has 1 aromatic carbocycles. The minimum atomic E-state index is -3.69. The standard InChI is InChI=1S/C17H25FN2O4S/c1-17(2,16(21)24-4)12-6-5-9-20(11-12)15-8-7-13(10-14(15)18)25(22,23)19-3/h7-8,10,12,19H,5-6,9,11H2,1-4H3. The number of anilines is 1. The van der Waals surface area contributed by atoms with E-state index in [1.54, 1.807) is 0 Å². The third-order valence-corrected chi connectivity index (χ3v) is 6.40. The zero-order chi connectivity index (χ0) is 18.8. The van der Waals surface area contributed by atoms with Gasteiger partial charge in [0.15, 0.2) is 0 Å². The molecule has 1 fully saturated rings. The van der Waals surface area contributed by atoms with Gasteiger partial charge in [-0.1, -0.05) is 0 Å². The molecule has 0 radical (unpaired) electrons. The zero-order valence-electron chi connectivity index (χ0n) is 15.0. The second-order valence-electron chi connectivity index (χ2n) is 6.82. The number of nitrogens with zero attached hydrogens (tertiary/aromatic N) is 1. The van der Waals surface area contributed by atoms with E-state index in [-0.39, 0.29) is 16.8 Å². The molecular formula is C17H25FN2O4S. The molecule has 0 saturated carbocycles. The van der Waals surface area contributed by atoms with E-state index in [9.17, 15) is 17.6 Å². The first-order valence-corrected chi connectivity index (χ1v) is 9.68. The van der Waals surface area contributed by atoms with Crippen molar-refractivity contribution in [1.29, 1.82) is 0 Å². The number of carbonyl (C=O) groups excluding carboxylic acids is 1. The molecule has 0 aromatic heterocycles. The number of esters is 1. The second-order valence-corrected chi connectivity index (χ2v) is 8.71. The quantitative estimate of drug-likeness (QED) is 0.802. The largest absolute Gasteiger partial charge is 0.469 e. The number of hydrogen-bond acceptors (Lipinski definition) is 5. The van der Waals surface area contributed by atoms with Crippen LogP contribution in [0.15, 0.2) is 23.1 Å². The summed E-state index contributed by atoms with van der Waals surface area (Å²) in [5.74, 6) is -0.850. The SMILES string of the molecule is CNS(=O)(=O)c1ccc(N2CCCC(C(C)(C)C(=O)OC)C2)c(F)c1. The summed E-state index contributed by atoms with van der Waals surface area (Å²) in [5, 5.41) is 0. The van der Waals surface area contributed by atoms with Gasteiger partial charge in [0.2, 0.25) is 10.0 Å². The number of halogens is 1. The molecule has 8 heteroatoms. The Hall–Kier alpha value is -1.67. The Morgan fingerprint density at radius 2 is 2.08 bits per heavy atom. The zero-order valence-corrected chi connectivity index (χ0v) is 15.8. The number of sulfonamides is 1. The number of piperidine rings is 1. The van der Waals surface area contributed by atoms with Crippen LogP contribution in [0.25, 0.3) is 0 Å². The van der Waals surface area contributed by atoms with Crippen molar-refractivity contribution >= 4 is 21.7 Å². The van der Waals surface area contributed by atoms with Gasteiger partial charge in [0.1, 0.15) is 5.82 Å². The van der Waals surface area contributed by atoms with Crippen molar-refractivity contribution in [2.75, 3.05) is 32.1 Å². The summed E-state index contributed by atoms with van der Waals surface area (Å²) < 4.78 is 45.2. The van der Waals surface area contributed by atoms with Crippen LogP contribution in [0.1, 0.15) is 26.7 Å². The number of methoxy groups -OCH3 is 1. The minimum Gasteiger partial charge on any atom is -0.469 e. The molecule has 0 bridgehead atoms. The van der Waals surface area contributed by atoms with Crippen molar-refractivity contribution in [1.82, 2.24) is 4.72 Å². The molecule has 6 nitrogen and oxygen atoms in total. The lowest BCUT2D eigenvalue weighted by atomic mass is 9.74. The topological polar surface area (TPSA) is 75.7 Å². The normalized spacial score (nSPS) is 18.9. The summed E-state index contributed by atoms with van der Waals surface area (Å²) in [5.41, 5.74) is -0.320. The molecular weight excluding hydrogens is 347 g/mol. The van der Waals surface area contributed by atoms with E-state index in [0.717, 1.165) is 18.9 Å². The van der Waals surface area contributed by atoms with Crippen molar-refractivity contribution in [2.24, 2.45) is 11.3 Å². The van der Waals surface area contributed by atoms with E-state index in [4.69, 9.17) is 4.74 Å². The van der Waals surface area contributed by atoms with Crippen LogP contribution >= 0.6 is 0 Å². The lowest BCUT2D eigenvalue weighted by Gasteiger charge is -2.41. The first kappa shape index (κ1) is 19.7. The molecule has 1 aliphatic heterocycles. The number of ether oxygens (including phenoxy) is 1. The molecule has 2 rings (SSSR count). The number of nitrogens with one attached hydrogen (secondary N) is 1. The van der Waals surface area contributed by atoms with E-state index in [2.05, 4.69) is 4.72 Å². The highest BCUT2D eigenvalue weighted by molar-refractivity contribution is 7.89. The lowest BCUT2D eigenvalue weighted by Crippen LogP contribution is -2.45. The van der Waals surface area contributed by atoms with E-state index in [1.807, 2.05) is 18.7 Å². The van der Waals surface area contributed by atoms with Gasteiger partial charge in [0.05, 0.1) is 23.1 Å². The summed E-state index contributed by atoms with van der Waals surface area (Å²) in [6.45, 7) is 4.85. The Bertz CT molecular complexity index is 749. The third-order valence-electron chi connectivity index (χ3n) is 4.99. The van der Waals surface area contributed by atoms with Gasteiger partial charge < -0.3 is 9.64 Å². The number of carbonyl (C=O) groups is 1. The monoisotopic (exact) mass is 372 g/mol. The van der Waals surface area contributed by atoms with Gasteiger partial charge >= 0.3 is 5.97 Å². The summed E-state index contributed by atoms with van der Waals surface area (Å²) in [6.07, 6.45) is 1.67. The number of hydrogen-bond donors (Lipinski definition) is 1. The highest BCUT2D eigenvalue weighted by Crippen LogP contribution is 2.37. The molecule has 1 heterocycles. The molecule has 1 aliphatic rings. The Morgan fingerprint density at radius 1 is 1.40 bits per heavy atom. The van der Waals surface area contributed by atoms with Gasteiger partial charge in [-0.05, 0) is 57.9 Å². The first-order valence-electron chi connectivity index (χ1n) is 8.20. The van der Waals surface area contributed by atoms with E-state index < -0.39 is 21.3 Å². The van der Waals surface area contributed by atoms with Crippen LogP contribution in [0.3, 0.4) is 0 Å². The van der Waals surface area contributed by atoms with Gasteiger partial charge in [0, 0.05) is 13.1 Å². The fourth-order valence-corrected chi connectivity index (χ4v) is 3.99. The fourth-order valence-electron chi connectivity index (χ4n) is 3.24. The number of benzene rings is 1. The molecule has 0 amide bonds. The minimum absolute atomic E-state index is 0.0221. The van der Waals surface area contributed by atoms with Crippen molar-refractivity contribution < 1.29 is 22.3 Å². The van der Waals surface area contributed by atoms with Crippen LogP contribution in [0.5, 0.6) is 0 Å². The Morgan fingerprint density at radius 3 is 2.64 bits per heavy atom. The average molecular weight is 372 g/mol. The maximum atomic E-state index is 14.5. The van der Waals surface area contributed by atoms with Crippen molar-refractivity contribution in [3.8, 4) is 0 Å². The van der Waals surface area contributed by atoms with Crippen LogP contribution in [-0.2, 0) is 19.6 Å². The van der Waals surface area contributed by atoms with Crippen LogP contribution in [0.4, 0.5) is 10.1 Å². The molecule has 1 saturated heterocycles. The molecule has 0 aliphatic carbocycles. The van der Waals surface area contributed by atoms with Crippen LogP contribution in [0, 0.1) is 17.2 Å². The van der Waals surface area contributed by atoms with Crippen molar-refractivity contribution in [3.05, 3.63) is 24.0 Å². The van der Waals surface area contributed by atoms with Crippen LogP contribution in [0.2, 0.25) is 0 Å². The van der Waals surface area contributed by atoms with Crippen molar-refractivity contribution in [2.45, 2.75) is 31.6 Å². The molecule has 1 unspecified atom stereocenters. The van der Waals surface area contributed by atoms with Gasteiger partial charge in [-0.3, -0.25) is 4.79 Å². The Labute approximate surface area is 148 Å². The predicted molar refractivity (Wildman–Crippen MR) is 93.4 cm³/mol. The highest BCUT2D eigenvalue weighted by Gasteiger charge is 2.40. The van der Waals surface area contributed by atoms with E-state index in [0.29, 0.717) is 18.8 Å². The molecule has 1 N–H and O–H groups in total. The Balaban J connectivity index is 2.26. The summed E-state index contributed by atoms with van der Waals surface area (Å²) in [4.78, 5) is 13.8.